The molecule has 0 saturated carbocycles. The van der Waals surface area contributed by atoms with Gasteiger partial charge in [-0.1, -0.05) is 30.3 Å². The van der Waals surface area contributed by atoms with Gasteiger partial charge in [0.05, 0.1) is 6.04 Å². The molecule has 0 spiro atoms. The summed E-state index contributed by atoms with van der Waals surface area (Å²) in [6.07, 6.45) is 3.79. The number of rotatable bonds is 7. The maximum atomic E-state index is 12.5. The number of amides is 2. The summed E-state index contributed by atoms with van der Waals surface area (Å²) in [6.45, 7) is 4.80. The van der Waals surface area contributed by atoms with Gasteiger partial charge in [-0.25, -0.2) is 0 Å². The van der Waals surface area contributed by atoms with Crippen LogP contribution in [0.3, 0.4) is 0 Å². The molecule has 2 amide bonds. The lowest BCUT2D eigenvalue weighted by molar-refractivity contribution is -0.127. The van der Waals surface area contributed by atoms with Gasteiger partial charge in [-0.2, -0.15) is 0 Å². The van der Waals surface area contributed by atoms with E-state index in [9.17, 15) is 9.59 Å². The fourth-order valence-corrected chi connectivity index (χ4v) is 4.14. The number of hydrogen-bond acceptors (Lipinski definition) is 4. The van der Waals surface area contributed by atoms with Crippen LogP contribution in [0.5, 0.6) is 0 Å². The van der Waals surface area contributed by atoms with Crippen molar-refractivity contribution >= 4 is 11.8 Å². The monoisotopic (exact) mass is 373 g/mol. The maximum absolute atomic E-state index is 12.5. The second-order valence-electron chi connectivity index (χ2n) is 7.44. The van der Waals surface area contributed by atoms with E-state index in [0.29, 0.717) is 25.4 Å². The highest BCUT2D eigenvalue weighted by molar-refractivity contribution is 5.82. The van der Waals surface area contributed by atoms with Crippen LogP contribution in [0.25, 0.3) is 0 Å². The summed E-state index contributed by atoms with van der Waals surface area (Å²) in [5.74, 6) is 0.136. The van der Waals surface area contributed by atoms with E-state index in [2.05, 4.69) is 15.5 Å². The number of benzene rings is 1. The second kappa shape index (κ2) is 9.85. The Morgan fingerprint density at radius 2 is 1.93 bits per heavy atom. The smallest absolute Gasteiger partial charge is 0.237 e. The van der Waals surface area contributed by atoms with Crippen molar-refractivity contribution in [3.8, 4) is 0 Å². The van der Waals surface area contributed by atoms with Gasteiger partial charge in [-0.05, 0) is 38.2 Å². The molecule has 1 aromatic carbocycles. The Kier molecular flexibility index (Phi) is 7.24. The molecular weight excluding hydrogens is 342 g/mol. The Hall–Kier alpha value is -1.92. The SMILES string of the molecule is CCNC(=O)[C@@H]1C[C@H](NC(=O)CCc2ccccc2)CN1C1CCOCC1. The predicted octanol–water partition coefficient (Wildman–Crippen LogP) is 1.49. The third-order valence-electron chi connectivity index (χ3n) is 5.50. The molecule has 0 aromatic heterocycles. The van der Waals surface area contributed by atoms with Crippen molar-refractivity contribution in [3.63, 3.8) is 0 Å². The van der Waals surface area contributed by atoms with Crippen molar-refractivity contribution in [2.75, 3.05) is 26.3 Å². The first-order chi connectivity index (χ1) is 13.2. The Bertz CT molecular complexity index is 616. The summed E-state index contributed by atoms with van der Waals surface area (Å²) in [5, 5.41) is 6.11. The van der Waals surface area contributed by atoms with E-state index < -0.39 is 0 Å². The Labute approximate surface area is 161 Å². The number of ether oxygens (including phenoxy) is 1. The largest absolute Gasteiger partial charge is 0.381 e. The molecule has 2 saturated heterocycles. The van der Waals surface area contributed by atoms with E-state index in [-0.39, 0.29) is 23.9 Å². The minimum absolute atomic E-state index is 0.0312. The Morgan fingerprint density at radius 3 is 2.63 bits per heavy atom. The normalized spacial score (nSPS) is 23.9. The molecule has 6 heteroatoms. The topological polar surface area (TPSA) is 70.7 Å². The molecule has 3 rings (SSSR count). The summed E-state index contributed by atoms with van der Waals surface area (Å²) < 4.78 is 5.47. The van der Waals surface area contributed by atoms with Crippen LogP contribution >= 0.6 is 0 Å². The third kappa shape index (κ3) is 5.53. The standard InChI is InChI=1S/C21H31N3O3/c1-2-22-21(26)19-14-17(15-24(19)18-10-12-27-13-11-18)23-20(25)9-8-16-6-4-3-5-7-16/h3-7,17-19H,2,8-15H2,1H3,(H,22,26)(H,23,25)/t17-,19-/m0/s1. The van der Waals surface area contributed by atoms with E-state index in [1.54, 1.807) is 0 Å². The molecule has 2 aliphatic heterocycles. The highest BCUT2D eigenvalue weighted by Crippen LogP contribution is 2.26. The summed E-state index contributed by atoms with van der Waals surface area (Å²) in [5.41, 5.74) is 1.17. The highest BCUT2D eigenvalue weighted by Gasteiger charge is 2.40. The van der Waals surface area contributed by atoms with Gasteiger partial charge in [0.1, 0.15) is 0 Å². The Morgan fingerprint density at radius 1 is 1.19 bits per heavy atom. The van der Waals surface area contributed by atoms with Crippen LogP contribution in [0, 0.1) is 0 Å². The third-order valence-corrected chi connectivity index (χ3v) is 5.50. The molecule has 0 radical (unpaired) electrons. The molecule has 2 N–H and O–H groups in total. The lowest BCUT2D eigenvalue weighted by Crippen LogP contribution is -2.49. The van der Waals surface area contributed by atoms with Crippen LogP contribution < -0.4 is 10.6 Å². The molecular formula is C21H31N3O3. The summed E-state index contributed by atoms with van der Waals surface area (Å²) in [7, 11) is 0. The van der Waals surface area contributed by atoms with Gasteiger partial charge < -0.3 is 15.4 Å². The number of aryl methyl sites for hydroxylation is 1. The fourth-order valence-electron chi connectivity index (χ4n) is 4.14. The average Bonchev–Trinajstić information content (AvgIpc) is 3.12. The van der Waals surface area contributed by atoms with Crippen LogP contribution in [0.15, 0.2) is 30.3 Å². The lowest BCUT2D eigenvalue weighted by Gasteiger charge is -2.34. The zero-order valence-electron chi connectivity index (χ0n) is 16.2. The number of carbonyl (C=O) groups is 2. The maximum Gasteiger partial charge on any atom is 0.237 e. The van der Waals surface area contributed by atoms with E-state index in [1.807, 2.05) is 37.3 Å². The zero-order valence-corrected chi connectivity index (χ0v) is 16.2. The second-order valence-corrected chi connectivity index (χ2v) is 7.44. The molecule has 2 atom stereocenters. The number of nitrogens with zero attached hydrogens (tertiary/aromatic N) is 1. The molecule has 0 bridgehead atoms. The summed E-state index contributed by atoms with van der Waals surface area (Å²) >= 11 is 0. The van der Waals surface area contributed by atoms with Gasteiger partial charge in [-0.15, -0.1) is 0 Å². The molecule has 2 heterocycles. The van der Waals surface area contributed by atoms with Crippen LogP contribution in [0.1, 0.15) is 38.2 Å². The highest BCUT2D eigenvalue weighted by atomic mass is 16.5. The number of likely N-dealkylation sites (tertiary alicyclic amines) is 1. The van der Waals surface area contributed by atoms with Crippen molar-refractivity contribution in [3.05, 3.63) is 35.9 Å². The number of nitrogens with one attached hydrogen (secondary N) is 2. The molecule has 0 unspecified atom stereocenters. The number of carbonyl (C=O) groups excluding carboxylic acids is 2. The van der Waals surface area contributed by atoms with E-state index in [4.69, 9.17) is 4.74 Å². The van der Waals surface area contributed by atoms with Crippen LogP contribution in [-0.4, -0.2) is 61.1 Å². The van der Waals surface area contributed by atoms with Gasteiger partial charge in [0, 0.05) is 44.8 Å². The summed E-state index contributed by atoms with van der Waals surface area (Å²) in [6, 6.07) is 10.3. The minimum atomic E-state index is -0.160. The molecule has 2 fully saturated rings. The van der Waals surface area contributed by atoms with Crippen molar-refractivity contribution in [2.24, 2.45) is 0 Å². The first-order valence-corrected chi connectivity index (χ1v) is 10.1. The fraction of sp³-hybridized carbons (Fsp3) is 0.619. The van der Waals surface area contributed by atoms with Gasteiger partial charge in [0.2, 0.25) is 11.8 Å². The molecule has 148 valence electrons. The lowest BCUT2D eigenvalue weighted by atomic mass is 10.1. The van der Waals surface area contributed by atoms with Crippen molar-refractivity contribution < 1.29 is 14.3 Å². The quantitative estimate of drug-likeness (QED) is 0.760. The van der Waals surface area contributed by atoms with Crippen molar-refractivity contribution in [1.29, 1.82) is 0 Å². The van der Waals surface area contributed by atoms with E-state index in [0.717, 1.165) is 39.0 Å². The molecule has 1 aromatic rings. The number of likely N-dealkylation sites (N-methyl/N-ethyl adjacent to an activating group) is 1. The molecule has 27 heavy (non-hydrogen) atoms. The molecule has 6 nitrogen and oxygen atoms in total. The van der Waals surface area contributed by atoms with E-state index >= 15 is 0 Å². The van der Waals surface area contributed by atoms with Gasteiger partial charge in [0.15, 0.2) is 0 Å². The molecule has 0 aliphatic carbocycles. The molecule has 2 aliphatic rings. The first-order valence-electron chi connectivity index (χ1n) is 10.1. The van der Waals surface area contributed by atoms with Crippen molar-refractivity contribution in [2.45, 2.75) is 57.2 Å². The average molecular weight is 373 g/mol. The minimum Gasteiger partial charge on any atom is -0.381 e. The van der Waals surface area contributed by atoms with Crippen LogP contribution in [-0.2, 0) is 20.7 Å². The first kappa shape index (κ1) is 19.8. The summed E-state index contributed by atoms with van der Waals surface area (Å²) in [4.78, 5) is 27.2. The van der Waals surface area contributed by atoms with Crippen LogP contribution in [0.4, 0.5) is 0 Å². The number of hydrogen-bond donors (Lipinski definition) is 2. The van der Waals surface area contributed by atoms with Gasteiger partial charge in [-0.3, -0.25) is 14.5 Å². The van der Waals surface area contributed by atoms with Crippen LogP contribution in [0.2, 0.25) is 0 Å². The predicted molar refractivity (Wildman–Crippen MR) is 104 cm³/mol. The Balaban J connectivity index is 1.55. The van der Waals surface area contributed by atoms with Gasteiger partial charge >= 0.3 is 0 Å². The zero-order chi connectivity index (χ0) is 19.1. The van der Waals surface area contributed by atoms with E-state index in [1.165, 1.54) is 5.56 Å². The van der Waals surface area contributed by atoms with Gasteiger partial charge in [0.25, 0.3) is 0 Å². The van der Waals surface area contributed by atoms with Crippen molar-refractivity contribution in [1.82, 2.24) is 15.5 Å².